The molecule has 6 bridgehead atoms. The summed E-state index contributed by atoms with van der Waals surface area (Å²) in [6, 6.07) is 24.1. The van der Waals surface area contributed by atoms with Crippen LogP contribution in [0, 0.1) is 0 Å². The molecule has 2 aromatic carbocycles. The maximum Gasteiger partial charge on any atom is 0.0450 e. The zero-order valence-electron chi connectivity index (χ0n) is 11.9. The molecular weight excluding hydrogens is 254 g/mol. The van der Waals surface area contributed by atoms with Crippen molar-refractivity contribution < 1.29 is 0 Å². The molecule has 0 saturated heterocycles. The van der Waals surface area contributed by atoms with Gasteiger partial charge in [0, 0.05) is 24.2 Å². The predicted octanol–water partition coefficient (Wildman–Crippen LogP) is 4.17. The van der Waals surface area contributed by atoms with E-state index in [9.17, 15) is 0 Å². The summed E-state index contributed by atoms with van der Waals surface area (Å²) in [5, 5.41) is 0. The molecule has 0 N–H and O–H groups in total. The van der Waals surface area contributed by atoms with Crippen LogP contribution in [0.3, 0.4) is 0 Å². The molecule has 0 unspecified atom stereocenters. The molecule has 0 spiro atoms. The van der Waals surface area contributed by atoms with E-state index in [0.29, 0.717) is 0 Å². The van der Waals surface area contributed by atoms with Crippen molar-refractivity contribution in [2.24, 2.45) is 0 Å². The van der Waals surface area contributed by atoms with Gasteiger partial charge in [-0.2, -0.15) is 0 Å². The normalized spacial score (nSPS) is 13.1. The van der Waals surface area contributed by atoms with E-state index in [2.05, 4.69) is 66.7 Å². The van der Waals surface area contributed by atoms with Crippen LogP contribution in [0.1, 0.15) is 33.6 Å². The van der Waals surface area contributed by atoms with Gasteiger partial charge in [0.2, 0.25) is 0 Å². The van der Waals surface area contributed by atoms with Gasteiger partial charge in [-0.05, 0) is 40.8 Å². The minimum Gasteiger partial charge on any atom is -0.257 e. The first kappa shape index (κ1) is 12.3. The molecule has 0 saturated carbocycles. The molecule has 0 fully saturated rings. The van der Waals surface area contributed by atoms with Crippen molar-refractivity contribution in [3.05, 3.63) is 100 Å². The SMILES string of the molecule is c1cc2cc(c1)Cc1cccc(n1)Cc1cccc(c1)C2. The lowest BCUT2D eigenvalue weighted by atomic mass is 9.97. The van der Waals surface area contributed by atoms with Gasteiger partial charge >= 0.3 is 0 Å². The molecule has 102 valence electrons. The van der Waals surface area contributed by atoms with Gasteiger partial charge in [0.25, 0.3) is 0 Å². The van der Waals surface area contributed by atoms with Crippen molar-refractivity contribution in [2.75, 3.05) is 0 Å². The summed E-state index contributed by atoms with van der Waals surface area (Å²) in [6.45, 7) is 0. The zero-order valence-corrected chi connectivity index (χ0v) is 11.9. The first-order chi connectivity index (χ1) is 10.3. The third-order valence-corrected chi connectivity index (χ3v) is 4.03. The van der Waals surface area contributed by atoms with E-state index < -0.39 is 0 Å². The van der Waals surface area contributed by atoms with Gasteiger partial charge in [-0.15, -0.1) is 0 Å². The summed E-state index contributed by atoms with van der Waals surface area (Å²) < 4.78 is 0. The third kappa shape index (κ3) is 2.73. The Morgan fingerprint density at radius 2 is 0.952 bits per heavy atom. The van der Waals surface area contributed by atoms with E-state index in [1.807, 2.05) is 0 Å². The highest BCUT2D eigenvalue weighted by Gasteiger charge is 2.06. The molecule has 1 aromatic heterocycles. The van der Waals surface area contributed by atoms with Crippen LogP contribution in [-0.4, -0.2) is 4.98 Å². The molecule has 2 heterocycles. The fourth-order valence-electron chi connectivity index (χ4n) is 3.08. The Hall–Kier alpha value is -2.41. The second-order valence-corrected chi connectivity index (χ2v) is 5.79. The fraction of sp³-hybridized carbons (Fsp3) is 0.150. The number of nitrogens with zero attached hydrogens (tertiary/aromatic N) is 1. The Balaban J connectivity index is 1.87. The fourth-order valence-corrected chi connectivity index (χ4v) is 3.08. The number of aromatic nitrogens is 1. The van der Waals surface area contributed by atoms with Gasteiger partial charge in [0.05, 0.1) is 0 Å². The highest BCUT2D eigenvalue weighted by atomic mass is 14.7. The number of hydrogen-bond acceptors (Lipinski definition) is 1. The standard InChI is InChI=1S/C20H17N/c1-4-15-10-16-5-2-7-18(12-16)14-20-9-3-8-19(21-20)13-17(6-1)11-15/h1-9,11-12H,10,13-14H2. The zero-order chi connectivity index (χ0) is 14.1. The maximum absolute atomic E-state index is 4.81. The van der Waals surface area contributed by atoms with Crippen molar-refractivity contribution in [2.45, 2.75) is 19.3 Å². The summed E-state index contributed by atoms with van der Waals surface area (Å²) in [6.07, 6.45) is 2.83. The number of fused-ring (bicyclic) bond motifs is 6. The summed E-state index contributed by atoms with van der Waals surface area (Å²) in [7, 11) is 0. The van der Waals surface area contributed by atoms with E-state index in [1.54, 1.807) is 0 Å². The number of hydrogen-bond donors (Lipinski definition) is 0. The van der Waals surface area contributed by atoms with Crippen LogP contribution in [-0.2, 0) is 19.3 Å². The molecule has 1 aliphatic rings. The lowest BCUT2D eigenvalue weighted by molar-refractivity contribution is 0.981. The molecule has 0 amide bonds. The number of pyridine rings is 1. The van der Waals surface area contributed by atoms with Crippen LogP contribution >= 0.6 is 0 Å². The van der Waals surface area contributed by atoms with Crippen LogP contribution in [0.15, 0.2) is 66.7 Å². The molecule has 0 radical (unpaired) electrons. The van der Waals surface area contributed by atoms with Crippen molar-refractivity contribution in [1.29, 1.82) is 0 Å². The quantitative estimate of drug-likeness (QED) is 0.468. The Morgan fingerprint density at radius 1 is 0.524 bits per heavy atom. The average molecular weight is 271 g/mol. The van der Waals surface area contributed by atoms with E-state index in [0.717, 1.165) is 30.7 Å². The second-order valence-electron chi connectivity index (χ2n) is 5.79. The van der Waals surface area contributed by atoms with Crippen LogP contribution in [0.5, 0.6) is 0 Å². The summed E-state index contributed by atoms with van der Waals surface area (Å²) in [5.41, 5.74) is 7.74. The van der Waals surface area contributed by atoms with E-state index in [4.69, 9.17) is 4.98 Å². The topological polar surface area (TPSA) is 12.9 Å². The van der Waals surface area contributed by atoms with Crippen molar-refractivity contribution in [3.63, 3.8) is 0 Å². The van der Waals surface area contributed by atoms with Gasteiger partial charge in [-0.1, -0.05) is 54.6 Å². The largest absolute Gasteiger partial charge is 0.257 e. The maximum atomic E-state index is 4.81. The number of benzene rings is 2. The van der Waals surface area contributed by atoms with Crippen molar-refractivity contribution in [1.82, 2.24) is 4.98 Å². The van der Waals surface area contributed by atoms with Gasteiger partial charge < -0.3 is 0 Å². The third-order valence-electron chi connectivity index (χ3n) is 4.03. The Labute approximate surface area is 125 Å². The van der Waals surface area contributed by atoms with Crippen molar-refractivity contribution in [3.8, 4) is 0 Å². The molecule has 1 nitrogen and oxygen atoms in total. The van der Waals surface area contributed by atoms with Crippen molar-refractivity contribution >= 4 is 0 Å². The van der Waals surface area contributed by atoms with Crippen LogP contribution in [0.2, 0.25) is 0 Å². The van der Waals surface area contributed by atoms with Crippen LogP contribution in [0.25, 0.3) is 0 Å². The number of rotatable bonds is 0. The van der Waals surface area contributed by atoms with E-state index in [1.165, 1.54) is 22.3 Å². The van der Waals surface area contributed by atoms with Gasteiger partial charge in [-0.3, -0.25) is 4.98 Å². The molecule has 0 aliphatic carbocycles. The molecule has 0 atom stereocenters. The average Bonchev–Trinajstić information content (AvgIpc) is 2.47. The second kappa shape index (κ2) is 5.17. The molecule has 3 aromatic rings. The van der Waals surface area contributed by atoms with Crippen LogP contribution < -0.4 is 0 Å². The lowest BCUT2D eigenvalue weighted by Crippen LogP contribution is -2.00. The Kier molecular flexibility index (Phi) is 3.04. The highest BCUT2D eigenvalue weighted by molar-refractivity contribution is 5.35. The van der Waals surface area contributed by atoms with Gasteiger partial charge in [0.1, 0.15) is 0 Å². The molecule has 1 heteroatoms. The molecule has 4 rings (SSSR count). The first-order valence-electron chi connectivity index (χ1n) is 7.46. The molecule has 21 heavy (non-hydrogen) atoms. The minimum atomic E-state index is 0.912. The Bertz CT molecular complexity index is 629. The monoisotopic (exact) mass is 271 g/mol. The lowest BCUT2D eigenvalue weighted by Gasteiger charge is -2.11. The summed E-state index contributed by atoms with van der Waals surface area (Å²) >= 11 is 0. The van der Waals surface area contributed by atoms with Crippen LogP contribution in [0.4, 0.5) is 0 Å². The highest BCUT2D eigenvalue weighted by Crippen LogP contribution is 2.18. The van der Waals surface area contributed by atoms with E-state index in [-0.39, 0.29) is 0 Å². The smallest absolute Gasteiger partial charge is 0.0450 e. The predicted molar refractivity (Wildman–Crippen MR) is 85.5 cm³/mol. The summed E-state index contributed by atoms with van der Waals surface area (Å²) in [5.74, 6) is 0. The first-order valence-corrected chi connectivity index (χ1v) is 7.46. The summed E-state index contributed by atoms with van der Waals surface area (Å²) in [4.78, 5) is 4.81. The molecule has 1 aliphatic heterocycles. The van der Waals surface area contributed by atoms with E-state index >= 15 is 0 Å². The van der Waals surface area contributed by atoms with Gasteiger partial charge in [0.15, 0.2) is 0 Å². The molecular formula is C20H17N. The van der Waals surface area contributed by atoms with Gasteiger partial charge in [-0.25, -0.2) is 0 Å². The minimum absolute atomic E-state index is 0.912. The Morgan fingerprint density at radius 3 is 1.48 bits per heavy atom.